The van der Waals surface area contributed by atoms with Crippen molar-refractivity contribution in [1.29, 1.82) is 0 Å². The van der Waals surface area contributed by atoms with Crippen LogP contribution in [0.5, 0.6) is 0 Å². The summed E-state index contributed by atoms with van der Waals surface area (Å²) in [6.45, 7) is 0. The number of anilines is 1. The van der Waals surface area contributed by atoms with Crippen molar-refractivity contribution in [2.45, 2.75) is 31.3 Å². The zero-order valence-electron chi connectivity index (χ0n) is 10.1. The smallest absolute Gasteiger partial charge is 0.231 e. The highest BCUT2D eigenvalue weighted by Crippen LogP contribution is 2.34. The topological polar surface area (TPSA) is 32.3 Å². The lowest BCUT2D eigenvalue weighted by atomic mass is 9.88. The van der Waals surface area contributed by atoms with Crippen LogP contribution in [0.4, 0.5) is 5.69 Å². The van der Waals surface area contributed by atoms with Gasteiger partial charge in [0.1, 0.15) is 0 Å². The van der Waals surface area contributed by atoms with Crippen molar-refractivity contribution < 1.29 is 4.79 Å². The second kappa shape index (κ2) is 4.15. The lowest BCUT2D eigenvalue weighted by molar-refractivity contribution is -0.122. The van der Waals surface area contributed by atoms with E-state index in [1.54, 1.807) is 4.90 Å². The first-order chi connectivity index (χ1) is 8.25. The predicted octanol–water partition coefficient (Wildman–Crippen LogP) is 1.79. The Balaban J connectivity index is 1.74. The van der Waals surface area contributed by atoms with Gasteiger partial charge >= 0.3 is 0 Å². The molecule has 3 heteroatoms. The van der Waals surface area contributed by atoms with E-state index in [-0.39, 0.29) is 11.8 Å². The maximum atomic E-state index is 12.4. The van der Waals surface area contributed by atoms with Crippen molar-refractivity contribution in [2.75, 3.05) is 11.9 Å². The minimum Gasteiger partial charge on any atom is -0.315 e. The minimum absolute atomic E-state index is 0.180. The first-order valence-corrected chi connectivity index (χ1v) is 6.34. The Morgan fingerprint density at radius 3 is 2.65 bits per heavy atom. The van der Waals surface area contributed by atoms with Gasteiger partial charge in [0.2, 0.25) is 5.91 Å². The number of amides is 1. The van der Waals surface area contributed by atoms with Gasteiger partial charge in [-0.1, -0.05) is 18.2 Å². The number of nitrogens with one attached hydrogen (secondary N) is 1. The molecule has 1 amide bonds. The molecular formula is C14H18N2O. The van der Waals surface area contributed by atoms with E-state index >= 15 is 0 Å². The summed E-state index contributed by atoms with van der Waals surface area (Å²) in [7, 11) is 1.88. The van der Waals surface area contributed by atoms with Crippen LogP contribution < -0.4 is 10.2 Å². The van der Waals surface area contributed by atoms with Gasteiger partial charge < -0.3 is 10.2 Å². The molecule has 0 saturated carbocycles. The van der Waals surface area contributed by atoms with E-state index in [1.165, 1.54) is 6.42 Å². The molecule has 0 aliphatic carbocycles. The fourth-order valence-corrected chi connectivity index (χ4v) is 3.12. The normalized spacial score (nSPS) is 30.5. The van der Waals surface area contributed by atoms with Crippen LogP contribution >= 0.6 is 0 Å². The molecular weight excluding hydrogens is 212 g/mol. The van der Waals surface area contributed by atoms with Gasteiger partial charge in [0.15, 0.2) is 0 Å². The molecule has 2 aliphatic heterocycles. The molecule has 2 saturated heterocycles. The summed E-state index contributed by atoms with van der Waals surface area (Å²) in [5.74, 6) is 0.440. The standard InChI is InChI=1S/C14H18N2O/c1-16(11-5-3-2-4-6-11)14(17)12-9-10-7-8-13(12)15-10/h2-6,10,12-13,15H,7-9H2,1H3. The molecule has 2 aliphatic rings. The van der Waals surface area contributed by atoms with E-state index in [2.05, 4.69) is 5.32 Å². The average molecular weight is 230 g/mol. The zero-order valence-corrected chi connectivity index (χ0v) is 10.1. The number of hydrogen-bond donors (Lipinski definition) is 1. The second-order valence-corrected chi connectivity index (χ2v) is 5.12. The van der Waals surface area contributed by atoms with Gasteiger partial charge in [0, 0.05) is 24.8 Å². The predicted molar refractivity (Wildman–Crippen MR) is 67.9 cm³/mol. The summed E-state index contributed by atoms with van der Waals surface area (Å²) in [6, 6.07) is 10.9. The maximum Gasteiger partial charge on any atom is 0.231 e. The van der Waals surface area contributed by atoms with Crippen LogP contribution in [0.25, 0.3) is 0 Å². The Bertz CT molecular complexity index is 417. The zero-order chi connectivity index (χ0) is 11.8. The van der Waals surface area contributed by atoms with Crippen molar-refractivity contribution >= 4 is 11.6 Å². The van der Waals surface area contributed by atoms with Gasteiger partial charge in [-0.05, 0) is 31.4 Å². The molecule has 1 aromatic carbocycles. The molecule has 17 heavy (non-hydrogen) atoms. The monoisotopic (exact) mass is 230 g/mol. The number of rotatable bonds is 2. The molecule has 2 bridgehead atoms. The Kier molecular flexibility index (Phi) is 2.63. The number of fused-ring (bicyclic) bond motifs is 2. The summed E-state index contributed by atoms with van der Waals surface area (Å²) >= 11 is 0. The van der Waals surface area contributed by atoms with Crippen LogP contribution in [0.15, 0.2) is 30.3 Å². The molecule has 0 radical (unpaired) electrons. The van der Waals surface area contributed by atoms with Gasteiger partial charge in [-0.2, -0.15) is 0 Å². The lowest BCUT2D eigenvalue weighted by Crippen LogP contribution is -2.38. The van der Waals surface area contributed by atoms with Crippen LogP contribution in [0, 0.1) is 5.92 Å². The molecule has 90 valence electrons. The van der Waals surface area contributed by atoms with E-state index < -0.39 is 0 Å². The van der Waals surface area contributed by atoms with Gasteiger partial charge in [-0.25, -0.2) is 0 Å². The molecule has 0 spiro atoms. The fraction of sp³-hybridized carbons (Fsp3) is 0.500. The number of hydrogen-bond acceptors (Lipinski definition) is 2. The third kappa shape index (κ3) is 1.84. The highest BCUT2D eigenvalue weighted by atomic mass is 16.2. The van der Waals surface area contributed by atoms with Crippen LogP contribution in [0.2, 0.25) is 0 Å². The van der Waals surface area contributed by atoms with Gasteiger partial charge in [-0.3, -0.25) is 4.79 Å². The number of carbonyl (C=O) groups is 1. The summed E-state index contributed by atoms with van der Waals surface area (Å²) in [5, 5.41) is 3.52. The van der Waals surface area contributed by atoms with Crippen molar-refractivity contribution in [3.63, 3.8) is 0 Å². The average Bonchev–Trinajstić information content (AvgIpc) is 3.00. The summed E-state index contributed by atoms with van der Waals surface area (Å²) in [4.78, 5) is 14.2. The Morgan fingerprint density at radius 1 is 1.29 bits per heavy atom. The minimum atomic E-state index is 0.180. The van der Waals surface area contributed by atoms with Crippen LogP contribution in [0.3, 0.4) is 0 Å². The summed E-state index contributed by atoms with van der Waals surface area (Å²) in [6.07, 6.45) is 3.41. The Morgan fingerprint density at radius 2 is 2.06 bits per heavy atom. The summed E-state index contributed by atoms with van der Waals surface area (Å²) in [5.41, 5.74) is 0.986. The third-order valence-electron chi connectivity index (χ3n) is 4.09. The molecule has 3 nitrogen and oxygen atoms in total. The molecule has 3 unspecified atom stereocenters. The van der Waals surface area contributed by atoms with Crippen molar-refractivity contribution in [3.8, 4) is 0 Å². The Hall–Kier alpha value is -1.35. The molecule has 3 atom stereocenters. The lowest BCUT2D eigenvalue weighted by Gasteiger charge is -2.25. The number of benzene rings is 1. The van der Waals surface area contributed by atoms with E-state index in [1.807, 2.05) is 37.4 Å². The Labute approximate surface area is 102 Å². The van der Waals surface area contributed by atoms with Crippen LogP contribution in [-0.2, 0) is 4.79 Å². The van der Waals surface area contributed by atoms with Gasteiger partial charge in [0.25, 0.3) is 0 Å². The van der Waals surface area contributed by atoms with Crippen LogP contribution in [-0.4, -0.2) is 25.0 Å². The number of para-hydroxylation sites is 1. The highest BCUT2D eigenvalue weighted by Gasteiger charge is 2.43. The molecule has 1 N–H and O–H groups in total. The first kappa shape index (κ1) is 10.8. The largest absolute Gasteiger partial charge is 0.315 e. The summed E-state index contributed by atoms with van der Waals surface area (Å²) < 4.78 is 0. The van der Waals surface area contributed by atoms with Crippen molar-refractivity contribution in [1.82, 2.24) is 5.32 Å². The van der Waals surface area contributed by atoms with E-state index in [9.17, 15) is 4.79 Å². The number of carbonyl (C=O) groups excluding carboxylic acids is 1. The first-order valence-electron chi connectivity index (χ1n) is 6.34. The van der Waals surface area contributed by atoms with Gasteiger partial charge in [-0.15, -0.1) is 0 Å². The molecule has 0 aromatic heterocycles. The second-order valence-electron chi connectivity index (χ2n) is 5.12. The van der Waals surface area contributed by atoms with E-state index in [0.717, 1.165) is 18.5 Å². The van der Waals surface area contributed by atoms with E-state index in [4.69, 9.17) is 0 Å². The fourth-order valence-electron chi connectivity index (χ4n) is 3.12. The molecule has 2 heterocycles. The highest BCUT2D eigenvalue weighted by molar-refractivity contribution is 5.95. The third-order valence-corrected chi connectivity index (χ3v) is 4.09. The van der Waals surface area contributed by atoms with Crippen LogP contribution in [0.1, 0.15) is 19.3 Å². The van der Waals surface area contributed by atoms with Crippen molar-refractivity contribution in [3.05, 3.63) is 30.3 Å². The number of nitrogens with zero attached hydrogens (tertiary/aromatic N) is 1. The molecule has 2 fully saturated rings. The van der Waals surface area contributed by atoms with E-state index in [0.29, 0.717) is 12.1 Å². The van der Waals surface area contributed by atoms with Gasteiger partial charge in [0.05, 0.1) is 5.92 Å². The SMILES string of the molecule is CN(C(=O)C1CC2CCC1N2)c1ccccc1. The quantitative estimate of drug-likeness (QED) is 0.840. The maximum absolute atomic E-state index is 12.4. The van der Waals surface area contributed by atoms with Crippen molar-refractivity contribution in [2.24, 2.45) is 5.92 Å². The molecule has 3 rings (SSSR count). The molecule has 1 aromatic rings.